The van der Waals surface area contributed by atoms with Gasteiger partial charge in [-0.05, 0) is 62.2 Å². The van der Waals surface area contributed by atoms with Gasteiger partial charge in [0, 0.05) is 22.1 Å². The quantitative estimate of drug-likeness (QED) is 0.307. The highest BCUT2D eigenvalue weighted by Crippen LogP contribution is 2.35. The molecule has 0 aliphatic rings. The molecule has 30 heavy (non-hydrogen) atoms. The van der Waals surface area contributed by atoms with Crippen molar-refractivity contribution in [3.05, 3.63) is 76.9 Å². The lowest BCUT2D eigenvalue weighted by molar-refractivity contribution is 0.571. The number of nitrogens with zero attached hydrogens (tertiary/aromatic N) is 3. The van der Waals surface area contributed by atoms with Crippen molar-refractivity contribution in [2.75, 3.05) is 0 Å². The van der Waals surface area contributed by atoms with Gasteiger partial charge in [-0.1, -0.05) is 50.6 Å². The molecule has 0 radical (unpaired) electrons. The van der Waals surface area contributed by atoms with E-state index in [1.54, 1.807) is 0 Å². The van der Waals surface area contributed by atoms with Crippen molar-refractivity contribution >= 4 is 27.6 Å². The Bertz CT molecular complexity index is 1640. The van der Waals surface area contributed by atoms with Crippen LogP contribution >= 0.6 is 0 Å². The van der Waals surface area contributed by atoms with Crippen LogP contribution < -0.4 is 0 Å². The van der Waals surface area contributed by atoms with Crippen LogP contribution in [0.5, 0.6) is 0 Å². The van der Waals surface area contributed by atoms with Crippen molar-refractivity contribution in [2.45, 2.75) is 47.0 Å². The first-order valence-corrected chi connectivity index (χ1v) is 10.2. The maximum atomic E-state index is 8.68. The third kappa shape index (κ3) is 2.80. The van der Waals surface area contributed by atoms with E-state index in [1.807, 2.05) is 22.6 Å². The fraction of sp³-hybridized carbons (Fsp3) is 0.259. The number of rotatable bonds is 1. The molecule has 3 nitrogen and oxygen atoms in total. The van der Waals surface area contributed by atoms with E-state index in [-0.39, 0.29) is 35.1 Å². The minimum absolute atomic E-state index is 0.0919. The highest BCUT2D eigenvalue weighted by atomic mass is 15.0. The molecule has 0 saturated carbocycles. The molecule has 3 heteroatoms. The van der Waals surface area contributed by atoms with Gasteiger partial charge >= 0.3 is 0 Å². The lowest BCUT2D eigenvalue weighted by Crippen LogP contribution is -2.13. The van der Waals surface area contributed by atoms with Crippen LogP contribution in [-0.2, 0) is 5.41 Å². The first-order valence-electron chi connectivity index (χ1n) is 12.2. The van der Waals surface area contributed by atoms with Gasteiger partial charge in [-0.2, -0.15) is 0 Å². The Hall–Kier alpha value is -3.20. The minimum atomic E-state index is -0.275. The van der Waals surface area contributed by atoms with E-state index in [9.17, 15) is 0 Å². The van der Waals surface area contributed by atoms with Crippen LogP contribution in [0.25, 0.3) is 38.8 Å². The van der Waals surface area contributed by atoms with Gasteiger partial charge in [-0.15, -0.1) is 0 Å². The third-order valence-electron chi connectivity index (χ3n) is 5.68. The van der Waals surface area contributed by atoms with E-state index in [1.165, 1.54) is 5.56 Å². The zero-order chi connectivity index (χ0) is 24.7. The molecule has 0 saturated heterocycles. The number of pyridine rings is 2. The van der Waals surface area contributed by atoms with Crippen molar-refractivity contribution in [1.82, 2.24) is 14.4 Å². The summed E-state index contributed by atoms with van der Waals surface area (Å²) in [5, 5.41) is 0.812. The molecule has 0 bridgehead atoms. The maximum Gasteiger partial charge on any atom is 0.147 e. The van der Waals surface area contributed by atoms with Crippen molar-refractivity contribution in [1.29, 1.82) is 0 Å². The largest absolute Gasteiger partial charge is 0.292 e. The van der Waals surface area contributed by atoms with Gasteiger partial charge in [-0.3, -0.25) is 9.38 Å². The molecule has 0 spiro atoms. The second-order valence-corrected chi connectivity index (χ2v) is 9.15. The molecule has 2 aromatic carbocycles. The minimum Gasteiger partial charge on any atom is -0.292 e. The summed E-state index contributed by atoms with van der Waals surface area (Å²) in [6.07, 6.45) is 0. The van der Waals surface area contributed by atoms with Gasteiger partial charge in [-0.25, -0.2) is 4.98 Å². The summed E-state index contributed by atoms with van der Waals surface area (Å²) in [6.45, 7) is 12.6. The number of hydrogen-bond acceptors (Lipinski definition) is 2. The highest BCUT2D eigenvalue weighted by molar-refractivity contribution is 6.00. The number of hydrogen-bond donors (Lipinski definition) is 0. The Kier molecular flexibility index (Phi) is 3.14. The van der Waals surface area contributed by atoms with E-state index < -0.39 is 0 Å². The summed E-state index contributed by atoms with van der Waals surface area (Å²) in [7, 11) is 0. The Morgan fingerprint density at radius 3 is 2.27 bits per heavy atom. The molecule has 3 heterocycles. The second-order valence-electron chi connectivity index (χ2n) is 9.15. The number of benzene rings is 2. The summed E-state index contributed by atoms with van der Waals surface area (Å²) < 4.78 is 35.5. The zero-order valence-corrected chi connectivity index (χ0v) is 18.2. The fourth-order valence-corrected chi connectivity index (χ4v) is 4.37. The number of aromatic nitrogens is 3. The predicted molar refractivity (Wildman–Crippen MR) is 126 cm³/mol. The SMILES string of the molecule is [2H]c1c([2H])c([2H])c2c(nc3c4ccc(C(C)(C)C)nc4cc(-c4c(C)cc(C)cc4C)n32)c1[2H]. The van der Waals surface area contributed by atoms with Crippen LogP contribution in [0.15, 0.2) is 54.5 Å². The maximum absolute atomic E-state index is 8.68. The van der Waals surface area contributed by atoms with Crippen molar-refractivity contribution in [3.8, 4) is 11.3 Å². The summed E-state index contributed by atoms with van der Waals surface area (Å²) in [5.41, 5.74) is 8.06. The Morgan fingerprint density at radius 1 is 0.867 bits per heavy atom. The van der Waals surface area contributed by atoms with E-state index in [0.29, 0.717) is 11.2 Å². The molecule has 0 fully saturated rings. The predicted octanol–water partition coefficient (Wildman–Crippen LogP) is 6.93. The Morgan fingerprint density at radius 2 is 1.57 bits per heavy atom. The smallest absolute Gasteiger partial charge is 0.147 e. The molecule has 5 rings (SSSR count). The van der Waals surface area contributed by atoms with Gasteiger partial charge in [0.1, 0.15) is 5.65 Å². The normalized spacial score (nSPS) is 14.2. The zero-order valence-electron chi connectivity index (χ0n) is 22.2. The van der Waals surface area contributed by atoms with Crippen LogP contribution in [-0.4, -0.2) is 14.4 Å². The standard InChI is InChI=1S/C27H27N3/c1-16-13-17(2)25(18(3)14-16)23-15-21-19(11-12-24(28-21)27(4,5)6)26-29-20-9-7-8-10-22(20)30(23)26/h7-15H,1-6H3/i7D,8D,9D,10D. The molecule has 0 atom stereocenters. The number of fused-ring (bicyclic) bond motifs is 5. The van der Waals surface area contributed by atoms with Gasteiger partial charge in [0.05, 0.1) is 27.7 Å². The van der Waals surface area contributed by atoms with E-state index >= 15 is 0 Å². The average molecular weight is 398 g/mol. The second kappa shape index (κ2) is 6.40. The lowest BCUT2D eigenvalue weighted by atomic mass is 9.91. The third-order valence-corrected chi connectivity index (χ3v) is 5.68. The molecule has 150 valence electrons. The number of aryl methyl sites for hydroxylation is 3. The highest BCUT2D eigenvalue weighted by Gasteiger charge is 2.20. The van der Waals surface area contributed by atoms with Gasteiger partial charge in [0.15, 0.2) is 0 Å². The summed E-state index contributed by atoms with van der Waals surface area (Å²) in [4.78, 5) is 9.76. The van der Waals surface area contributed by atoms with Crippen molar-refractivity contribution in [2.24, 2.45) is 0 Å². The van der Waals surface area contributed by atoms with Crippen molar-refractivity contribution < 1.29 is 5.48 Å². The van der Waals surface area contributed by atoms with Crippen LogP contribution in [0.3, 0.4) is 0 Å². The summed E-state index contributed by atoms with van der Waals surface area (Å²) >= 11 is 0. The van der Waals surface area contributed by atoms with Crippen LogP contribution in [0.4, 0.5) is 0 Å². The van der Waals surface area contributed by atoms with Crippen LogP contribution in [0.2, 0.25) is 0 Å². The van der Waals surface area contributed by atoms with E-state index in [2.05, 4.69) is 53.7 Å². The molecule has 0 aliphatic carbocycles. The lowest BCUT2D eigenvalue weighted by Gasteiger charge is -2.19. The molecule has 3 aromatic heterocycles. The fourth-order valence-electron chi connectivity index (χ4n) is 4.37. The van der Waals surface area contributed by atoms with Crippen molar-refractivity contribution in [3.63, 3.8) is 0 Å². The molecule has 5 aromatic rings. The topological polar surface area (TPSA) is 30.2 Å². The molecular formula is C27H27N3. The first-order chi connectivity index (χ1) is 15.9. The Balaban J connectivity index is 2.07. The molecular weight excluding hydrogens is 366 g/mol. The van der Waals surface area contributed by atoms with Crippen LogP contribution in [0, 0.1) is 20.8 Å². The first kappa shape index (κ1) is 14.7. The average Bonchev–Trinajstić information content (AvgIpc) is 3.15. The number of imidazole rings is 1. The van der Waals surface area contributed by atoms with Gasteiger partial charge in [0.25, 0.3) is 0 Å². The molecule has 0 aliphatic heterocycles. The molecule has 0 N–H and O–H groups in total. The Labute approximate surface area is 183 Å². The molecule has 0 unspecified atom stereocenters. The summed E-state index contributed by atoms with van der Waals surface area (Å²) in [6, 6.07) is 9.54. The van der Waals surface area contributed by atoms with Gasteiger partial charge < -0.3 is 0 Å². The monoisotopic (exact) mass is 397 g/mol. The summed E-state index contributed by atoms with van der Waals surface area (Å²) in [5.74, 6) is 0. The van der Waals surface area contributed by atoms with Crippen LogP contribution in [0.1, 0.15) is 48.6 Å². The van der Waals surface area contributed by atoms with Gasteiger partial charge in [0.2, 0.25) is 0 Å². The van der Waals surface area contributed by atoms with E-state index in [0.717, 1.165) is 39.0 Å². The molecule has 0 amide bonds. The van der Waals surface area contributed by atoms with E-state index in [4.69, 9.17) is 15.5 Å². The number of para-hydroxylation sites is 2.